The molecule has 0 saturated carbocycles. The monoisotopic (exact) mass is 483 g/mol. The third-order valence-corrected chi connectivity index (χ3v) is 4.24. The number of nitrogens with one attached hydrogen (secondary N) is 1. The van der Waals surface area contributed by atoms with Crippen LogP contribution in [0.25, 0.3) is 5.65 Å². The Labute approximate surface area is 176 Å². The van der Waals surface area contributed by atoms with Crippen LogP contribution in [0.4, 0.5) is 0 Å². The average molecular weight is 484 g/mol. The number of rotatable bonds is 5. The zero-order valence-corrected chi connectivity index (χ0v) is 18.0. The molecule has 0 radical (unpaired) electrons. The molecular weight excluding hydrogens is 461 g/mol. The van der Waals surface area contributed by atoms with Crippen LogP contribution < -0.4 is 5.32 Å². The molecule has 0 aliphatic rings. The Kier molecular flexibility index (Phi) is 7.71. The molecule has 0 fully saturated rings. The fourth-order valence-corrected chi connectivity index (χ4v) is 2.86. The molecule has 0 atom stereocenters. The van der Waals surface area contributed by atoms with Crippen molar-refractivity contribution in [1.82, 2.24) is 19.6 Å². The molecule has 0 unspecified atom stereocenters. The maximum atomic E-state index is 5.94. The maximum absolute atomic E-state index is 5.94. The maximum Gasteiger partial charge on any atom is 0.193 e. The van der Waals surface area contributed by atoms with Crippen LogP contribution in [0.5, 0.6) is 0 Å². The van der Waals surface area contributed by atoms with Crippen LogP contribution in [0.15, 0.2) is 59.9 Å². The number of benzene rings is 1. The van der Waals surface area contributed by atoms with Crippen molar-refractivity contribution in [2.24, 2.45) is 4.99 Å². The zero-order valence-electron chi connectivity index (χ0n) is 14.9. The highest BCUT2D eigenvalue weighted by Gasteiger charge is 2.07. The summed E-state index contributed by atoms with van der Waals surface area (Å²) in [6.45, 7) is 1.55. The highest BCUT2D eigenvalue weighted by molar-refractivity contribution is 14.0. The van der Waals surface area contributed by atoms with Gasteiger partial charge in [-0.2, -0.15) is 0 Å². The van der Waals surface area contributed by atoms with Crippen molar-refractivity contribution in [2.75, 3.05) is 20.6 Å². The number of fused-ring (bicyclic) bond motifs is 1. The zero-order chi connectivity index (χ0) is 17.6. The second-order valence-corrected chi connectivity index (χ2v) is 6.34. The van der Waals surface area contributed by atoms with Crippen molar-refractivity contribution in [3.05, 3.63) is 71.1 Å². The van der Waals surface area contributed by atoms with Gasteiger partial charge in [0.05, 0.1) is 5.69 Å². The van der Waals surface area contributed by atoms with Gasteiger partial charge >= 0.3 is 0 Å². The molecule has 1 N–H and O–H groups in total. The highest BCUT2D eigenvalue weighted by atomic mass is 127. The first-order valence-electron chi connectivity index (χ1n) is 8.24. The third-order valence-electron chi connectivity index (χ3n) is 3.98. The first-order chi connectivity index (χ1) is 12.2. The predicted molar refractivity (Wildman–Crippen MR) is 119 cm³/mol. The van der Waals surface area contributed by atoms with Gasteiger partial charge in [0.15, 0.2) is 5.96 Å². The van der Waals surface area contributed by atoms with Gasteiger partial charge < -0.3 is 14.6 Å². The van der Waals surface area contributed by atoms with Gasteiger partial charge in [-0.05, 0) is 29.8 Å². The van der Waals surface area contributed by atoms with Crippen molar-refractivity contribution in [1.29, 1.82) is 0 Å². The van der Waals surface area contributed by atoms with Gasteiger partial charge in [0, 0.05) is 51.0 Å². The van der Waals surface area contributed by atoms with Crippen molar-refractivity contribution < 1.29 is 0 Å². The number of nitrogens with zero attached hydrogens (tertiary/aromatic N) is 4. The van der Waals surface area contributed by atoms with E-state index in [0.29, 0.717) is 0 Å². The summed E-state index contributed by atoms with van der Waals surface area (Å²) in [6.07, 6.45) is 4.92. The van der Waals surface area contributed by atoms with Gasteiger partial charge in [-0.15, -0.1) is 24.0 Å². The van der Waals surface area contributed by atoms with Crippen LogP contribution in [0, 0.1) is 0 Å². The summed E-state index contributed by atoms with van der Waals surface area (Å²) >= 11 is 5.94. The summed E-state index contributed by atoms with van der Waals surface area (Å²) in [7, 11) is 3.82. The third kappa shape index (κ3) is 5.35. The van der Waals surface area contributed by atoms with Crippen LogP contribution >= 0.6 is 35.6 Å². The molecule has 0 spiro atoms. The highest BCUT2D eigenvalue weighted by Crippen LogP contribution is 2.11. The Morgan fingerprint density at radius 3 is 2.69 bits per heavy atom. The van der Waals surface area contributed by atoms with E-state index in [1.807, 2.05) is 60.1 Å². The van der Waals surface area contributed by atoms with Crippen LogP contribution in [0.2, 0.25) is 5.02 Å². The van der Waals surface area contributed by atoms with Gasteiger partial charge in [-0.25, -0.2) is 4.98 Å². The van der Waals surface area contributed by atoms with Crippen LogP contribution in [0.1, 0.15) is 11.3 Å². The second-order valence-electron chi connectivity index (χ2n) is 5.90. The van der Waals surface area contributed by atoms with Gasteiger partial charge in [0.25, 0.3) is 0 Å². The van der Waals surface area contributed by atoms with Gasteiger partial charge in [-0.3, -0.25) is 4.99 Å². The van der Waals surface area contributed by atoms with Gasteiger partial charge in [0.2, 0.25) is 0 Å². The molecule has 7 heteroatoms. The van der Waals surface area contributed by atoms with Gasteiger partial charge in [-0.1, -0.05) is 29.8 Å². The molecule has 1 aromatic carbocycles. The van der Waals surface area contributed by atoms with E-state index < -0.39 is 0 Å². The van der Waals surface area contributed by atoms with Crippen molar-refractivity contribution in [2.45, 2.75) is 13.0 Å². The number of halogens is 2. The second kappa shape index (κ2) is 9.78. The summed E-state index contributed by atoms with van der Waals surface area (Å²) in [4.78, 5) is 11.1. The van der Waals surface area contributed by atoms with Crippen molar-refractivity contribution in [3.8, 4) is 0 Å². The lowest BCUT2D eigenvalue weighted by molar-refractivity contribution is 0.477. The Morgan fingerprint density at radius 1 is 1.23 bits per heavy atom. The number of imidazole rings is 1. The minimum absolute atomic E-state index is 0. The summed E-state index contributed by atoms with van der Waals surface area (Å²) in [5, 5.41) is 4.15. The molecule has 0 bridgehead atoms. The molecule has 0 amide bonds. The lowest BCUT2D eigenvalue weighted by atomic mass is 10.2. The van der Waals surface area contributed by atoms with Gasteiger partial charge in [0.1, 0.15) is 5.65 Å². The van der Waals surface area contributed by atoms with E-state index in [1.54, 1.807) is 7.05 Å². The Hall–Kier alpha value is -1.80. The van der Waals surface area contributed by atoms with Crippen LogP contribution in [-0.4, -0.2) is 40.9 Å². The molecular formula is C19H23ClIN5. The SMILES string of the molecule is CN=C(NCCc1cn2ccccc2n1)N(C)Cc1ccc(Cl)cc1.I. The number of hydrogen-bond acceptors (Lipinski definition) is 2. The van der Waals surface area contributed by atoms with E-state index in [4.69, 9.17) is 11.6 Å². The molecule has 2 heterocycles. The lowest BCUT2D eigenvalue weighted by Crippen LogP contribution is -2.39. The Bertz CT molecular complexity index is 827. The topological polar surface area (TPSA) is 44.9 Å². The predicted octanol–water partition coefficient (Wildman–Crippen LogP) is 3.86. The number of hydrogen-bond donors (Lipinski definition) is 1. The fraction of sp³-hybridized carbons (Fsp3) is 0.263. The van der Waals surface area contributed by atoms with Crippen LogP contribution in [0.3, 0.4) is 0 Å². The molecule has 2 aromatic heterocycles. The molecule has 0 aliphatic heterocycles. The summed E-state index contributed by atoms with van der Waals surface area (Å²) in [6, 6.07) is 13.9. The minimum Gasteiger partial charge on any atom is -0.356 e. The Morgan fingerprint density at radius 2 is 2.00 bits per heavy atom. The van der Waals surface area contributed by atoms with E-state index in [1.165, 1.54) is 5.56 Å². The molecule has 5 nitrogen and oxygen atoms in total. The van der Waals surface area contributed by atoms with Crippen molar-refractivity contribution >= 4 is 47.2 Å². The molecule has 0 saturated heterocycles. The van der Waals surface area contributed by atoms with Crippen LogP contribution in [-0.2, 0) is 13.0 Å². The summed E-state index contributed by atoms with van der Waals surface area (Å²) in [5.74, 6) is 0.860. The average Bonchev–Trinajstić information content (AvgIpc) is 3.03. The fourth-order valence-electron chi connectivity index (χ4n) is 2.73. The first kappa shape index (κ1) is 20.5. The minimum atomic E-state index is 0. The molecule has 3 rings (SSSR count). The van der Waals surface area contributed by atoms with E-state index in [9.17, 15) is 0 Å². The van der Waals surface area contributed by atoms with E-state index >= 15 is 0 Å². The molecule has 138 valence electrons. The number of aliphatic imine (C=N–C) groups is 1. The normalized spacial score (nSPS) is 11.3. The summed E-state index contributed by atoms with van der Waals surface area (Å²) in [5.41, 5.74) is 3.23. The van der Waals surface area contributed by atoms with Crippen molar-refractivity contribution in [3.63, 3.8) is 0 Å². The largest absolute Gasteiger partial charge is 0.356 e. The number of guanidine groups is 1. The first-order valence-corrected chi connectivity index (χ1v) is 8.62. The number of pyridine rings is 1. The van der Waals surface area contributed by atoms with E-state index in [2.05, 4.69) is 26.4 Å². The quantitative estimate of drug-likeness (QED) is 0.341. The lowest BCUT2D eigenvalue weighted by Gasteiger charge is -2.22. The molecule has 3 aromatic rings. The smallest absolute Gasteiger partial charge is 0.193 e. The standard InChI is InChI=1S/C19H22ClN5.HI/c1-21-19(24(2)13-15-6-8-16(20)9-7-15)22-11-10-17-14-25-12-4-3-5-18(25)23-17;/h3-9,12,14H,10-11,13H2,1-2H3,(H,21,22);1H. The van der Waals surface area contributed by atoms with E-state index in [0.717, 1.165) is 41.8 Å². The molecule has 0 aliphatic carbocycles. The van der Waals surface area contributed by atoms with E-state index in [-0.39, 0.29) is 24.0 Å². The summed E-state index contributed by atoms with van der Waals surface area (Å²) < 4.78 is 2.04. The number of aromatic nitrogens is 2. The Balaban J connectivity index is 0.00000243. The molecule has 26 heavy (non-hydrogen) atoms.